The Kier molecular flexibility index (Phi) is 4.68. The summed E-state index contributed by atoms with van der Waals surface area (Å²) in [6.45, 7) is 5.48. The summed E-state index contributed by atoms with van der Waals surface area (Å²) in [6.07, 6.45) is 2.33. The van der Waals surface area contributed by atoms with Crippen LogP contribution < -0.4 is 20.9 Å². The normalized spacial score (nSPS) is 16.4. The largest absolute Gasteiger partial charge is 0.489 e. The molecular weight excluding hydrogens is 358 g/mol. The highest BCUT2D eigenvalue weighted by atomic mass is 16.5. The number of hydrogen-bond donors (Lipinski definition) is 2. The standard InChI is InChI=1S/C20H21N5O3/c1-12-3-5-14(6-4-12)28-15-7-8-25(11-15)18-9-17(24-23-13(18)2)16-10-21-20(27)22-19(16)26/h3-6,9-10,15H,7-8,11H2,1-2H3,(H2,21,22,26,27). The summed E-state index contributed by atoms with van der Waals surface area (Å²) in [4.78, 5) is 30.2. The minimum Gasteiger partial charge on any atom is -0.489 e. The molecule has 8 heteroatoms. The molecule has 0 aliphatic carbocycles. The summed E-state index contributed by atoms with van der Waals surface area (Å²) < 4.78 is 6.10. The number of hydrogen-bond acceptors (Lipinski definition) is 6. The molecule has 1 unspecified atom stereocenters. The first-order chi connectivity index (χ1) is 13.5. The van der Waals surface area contributed by atoms with Gasteiger partial charge >= 0.3 is 5.69 Å². The van der Waals surface area contributed by atoms with Crippen LogP contribution in [0.25, 0.3) is 11.3 Å². The highest BCUT2D eigenvalue weighted by molar-refractivity contribution is 5.64. The van der Waals surface area contributed by atoms with Gasteiger partial charge in [0.05, 0.1) is 23.5 Å². The Hall–Kier alpha value is -3.42. The van der Waals surface area contributed by atoms with Gasteiger partial charge in [0.2, 0.25) is 0 Å². The Morgan fingerprint density at radius 2 is 1.93 bits per heavy atom. The van der Waals surface area contributed by atoms with E-state index in [9.17, 15) is 9.59 Å². The van der Waals surface area contributed by atoms with Crippen LogP contribution in [-0.2, 0) is 0 Å². The maximum atomic E-state index is 12.1. The summed E-state index contributed by atoms with van der Waals surface area (Å²) in [5, 5.41) is 8.32. The fourth-order valence-electron chi connectivity index (χ4n) is 3.35. The lowest BCUT2D eigenvalue weighted by Crippen LogP contribution is -2.26. The molecule has 4 rings (SSSR count). The molecule has 0 saturated carbocycles. The van der Waals surface area contributed by atoms with Crippen LogP contribution in [0, 0.1) is 13.8 Å². The number of rotatable bonds is 4. The van der Waals surface area contributed by atoms with E-state index in [1.54, 1.807) is 0 Å². The van der Waals surface area contributed by atoms with E-state index in [-0.39, 0.29) is 11.7 Å². The predicted molar refractivity (Wildman–Crippen MR) is 106 cm³/mol. The second-order valence-corrected chi connectivity index (χ2v) is 6.97. The Morgan fingerprint density at radius 1 is 1.14 bits per heavy atom. The monoisotopic (exact) mass is 379 g/mol. The maximum Gasteiger partial charge on any atom is 0.325 e. The summed E-state index contributed by atoms with van der Waals surface area (Å²) in [5.74, 6) is 0.863. The molecule has 28 heavy (non-hydrogen) atoms. The molecule has 1 aliphatic heterocycles. The minimum atomic E-state index is -0.551. The van der Waals surface area contributed by atoms with E-state index in [1.807, 2.05) is 44.2 Å². The molecule has 1 fully saturated rings. The average molecular weight is 379 g/mol. The summed E-state index contributed by atoms with van der Waals surface area (Å²) in [7, 11) is 0. The number of benzene rings is 1. The van der Waals surface area contributed by atoms with Crippen molar-refractivity contribution < 1.29 is 4.74 Å². The number of aromatic nitrogens is 4. The zero-order valence-electron chi connectivity index (χ0n) is 15.7. The Bertz CT molecular complexity index is 1100. The molecule has 3 aromatic rings. The molecule has 0 spiro atoms. The first kappa shape index (κ1) is 18.0. The van der Waals surface area contributed by atoms with Crippen LogP contribution in [0.5, 0.6) is 5.75 Å². The van der Waals surface area contributed by atoms with Crippen molar-refractivity contribution in [2.45, 2.75) is 26.4 Å². The van der Waals surface area contributed by atoms with Crippen molar-refractivity contribution in [2.75, 3.05) is 18.0 Å². The number of nitrogens with one attached hydrogen (secondary N) is 2. The Morgan fingerprint density at radius 3 is 2.68 bits per heavy atom. The molecule has 1 aliphatic rings. The minimum absolute atomic E-state index is 0.0789. The zero-order valence-corrected chi connectivity index (χ0v) is 15.7. The average Bonchev–Trinajstić information content (AvgIpc) is 3.13. The smallest absolute Gasteiger partial charge is 0.325 e. The van der Waals surface area contributed by atoms with Gasteiger partial charge in [-0.15, -0.1) is 5.10 Å². The molecule has 1 aromatic carbocycles. The number of anilines is 1. The lowest BCUT2D eigenvalue weighted by atomic mass is 10.2. The van der Waals surface area contributed by atoms with Crippen LogP contribution in [0.15, 0.2) is 46.1 Å². The van der Waals surface area contributed by atoms with Crippen molar-refractivity contribution in [3.05, 3.63) is 68.6 Å². The molecule has 2 N–H and O–H groups in total. The van der Waals surface area contributed by atoms with Crippen LogP contribution in [0.1, 0.15) is 17.7 Å². The number of nitrogens with zero attached hydrogens (tertiary/aromatic N) is 3. The van der Waals surface area contributed by atoms with Crippen LogP contribution in [-0.4, -0.2) is 39.4 Å². The van der Waals surface area contributed by atoms with Gasteiger partial charge < -0.3 is 14.6 Å². The first-order valence-electron chi connectivity index (χ1n) is 9.14. The molecule has 144 valence electrons. The van der Waals surface area contributed by atoms with Crippen molar-refractivity contribution in [1.82, 2.24) is 20.2 Å². The van der Waals surface area contributed by atoms with Crippen molar-refractivity contribution in [3.8, 4) is 17.0 Å². The van der Waals surface area contributed by atoms with Gasteiger partial charge in [0, 0.05) is 19.2 Å². The van der Waals surface area contributed by atoms with Crippen molar-refractivity contribution in [2.24, 2.45) is 0 Å². The lowest BCUT2D eigenvalue weighted by Gasteiger charge is -2.21. The maximum absolute atomic E-state index is 12.1. The molecular formula is C20H21N5O3. The number of aryl methyl sites for hydroxylation is 2. The molecule has 0 radical (unpaired) electrons. The quantitative estimate of drug-likeness (QED) is 0.716. The Labute approximate surface area is 161 Å². The topological polar surface area (TPSA) is 104 Å². The fraction of sp³-hybridized carbons (Fsp3) is 0.300. The van der Waals surface area contributed by atoms with Crippen LogP contribution in [0.2, 0.25) is 0 Å². The number of aromatic amines is 2. The van der Waals surface area contributed by atoms with E-state index in [0.29, 0.717) is 5.69 Å². The number of H-pyrrole nitrogens is 2. The second-order valence-electron chi connectivity index (χ2n) is 6.97. The van der Waals surface area contributed by atoms with Gasteiger partial charge in [-0.1, -0.05) is 17.7 Å². The third kappa shape index (κ3) is 3.66. The van der Waals surface area contributed by atoms with E-state index in [4.69, 9.17) is 4.74 Å². The third-order valence-corrected chi connectivity index (χ3v) is 4.86. The molecule has 3 heterocycles. The van der Waals surface area contributed by atoms with E-state index < -0.39 is 11.2 Å². The van der Waals surface area contributed by atoms with Crippen molar-refractivity contribution in [1.29, 1.82) is 0 Å². The van der Waals surface area contributed by atoms with Gasteiger partial charge in [0.25, 0.3) is 5.56 Å². The van der Waals surface area contributed by atoms with Gasteiger partial charge in [-0.25, -0.2) is 4.79 Å². The van der Waals surface area contributed by atoms with Gasteiger partial charge in [-0.2, -0.15) is 5.10 Å². The van der Waals surface area contributed by atoms with Gasteiger partial charge in [0.1, 0.15) is 17.5 Å². The first-order valence-corrected chi connectivity index (χ1v) is 9.14. The van der Waals surface area contributed by atoms with Crippen LogP contribution in [0.4, 0.5) is 5.69 Å². The SMILES string of the molecule is Cc1ccc(OC2CCN(c3cc(-c4c[nH]c(=O)[nH]c4=O)nnc3C)C2)cc1. The summed E-state index contributed by atoms with van der Waals surface area (Å²) in [5.41, 5.74) is 2.54. The lowest BCUT2D eigenvalue weighted by molar-refractivity contribution is 0.225. The van der Waals surface area contributed by atoms with Gasteiger partial charge in [-0.3, -0.25) is 9.78 Å². The van der Waals surface area contributed by atoms with Crippen LogP contribution >= 0.6 is 0 Å². The van der Waals surface area contributed by atoms with Crippen molar-refractivity contribution in [3.63, 3.8) is 0 Å². The molecule has 1 saturated heterocycles. The zero-order chi connectivity index (χ0) is 19.7. The van der Waals surface area contributed by atoms with E-state index in [2.05, 4.69) is 25.1 Å². The van der Waals surface area contributed by atoms with Gasteiger partial charge in [-0.05, 0) is 32.0 Å². The van der Waals surface area contributed by atoms with E-state index in [0.717, 1.165) is 36.6 Å². The predicted octanol–water partition coefficient (Wildman–Crippen LogP) is 1.79. The third-order valence-electron chi connectivity index (χ3n) is 4.86. The van der Waals surface area contributed by atoms with E-state index >= 15 is 0 Å². The Balaban J connectivity index is 1.55. The highest BCUT2D eigenvalue weighted by Gasteiger charge is 2.26. The number of ether oxygens (including phenoxy) is 1. The molecule has 0 bridgehead atoms. The molecule has 0 amide bonds. The fourth-order valence-corrected chi connectivity index (χ4v) is 3.35. The molecule has 1 atom stereocenters. The van der Waals surface area contributed by atoms with Crippen molar-refractivity contribution >= 4 is 5.69 Å². The second kappa shape index (κ2) is 7.30. The molecule has 8 nitrogen and oxygen atoms in total. The summed E-state index contributed by atoms with van der Waals surface area (Å²) in [6, 6.07) is 9.87. The summed E-state index contributed by atoms with van der Waals surface area (Å²) >= 11 is 0. The highest BCUT2D eigenvalue weighted by Crippen LogP contribution is 2.27. The van der Waals surface area contributed by atoms with E-state index in [1.165, 1.54) is 11.8 Å². The van der Waals surface area contributed by atoms with Gasteiger partial charge in [0.15, 0.2) is 0 Å². The van der Waals surface area contributed by atoms with Crippen LogP contribution in [0.3, 0.4) is 0 Å². The molecule has 2 aromatic heterocycles.